The van der Waals surface area contributed by atoms with Crippen LogP contribution in [-0.4, -0.2) is 38.2 Å². The largest absolute Gasteiger partial charge is 0.350 e. The molecule has 0 fully saturated rings. The van der Waals surface area contributed by atoms with Gasteiger partial charge in [-0.1, -0.05) is 35.5 Å². The minimum absolute atomic E-state index is 0.191. The lowest BCUT2D eigenvalue weighted by Crippen LogP contribution is -2.26. The molecule has 2 heterocycles. The Balaban J connectivity index is 1.75. The molecule has 3 aromatic rings. The number of aromatic nitrogens is 4. The van der Waals surface area contributed by atoms with E-state index in [1.54, 1.807) is 13.1 Å². The Morgan fingerprint density at radius 2 is 2.14 bits per heavy atom. The molecule has 1 amide bonds. The lowest BCUT2D eigenvalue weighted by molar-refractivity contribution is 0.0740. The van der Waals surface area contributed by atoms with Crippen LogP contribution in [-0.2, 0) is 6.54 Å². The second kappa shape index (κ2) is 5.58. The molecule has 0 radical (unpaired) electrons. The van der Waals surface area contributed by atoms with Crippen molar-refractivity contribution >= 4 is 5.91 Å². The van der Waals surface area contributed by atoms with E-state index in [0.29, 0.717) is 18.1 Å². The predicted octanol–water partition coefficient (Wildman–Crippen LogP) is 1.73. The number of nitrogens with one attached hydrogen (secondary N) is 1. The molecule has 0 aliphatic rings. The zero-order valence-corrected chi connectivity index (χ0v) is 11.4. The number of nitrogens with zero attached hydrogens (tertiary/aromatic N) is 4. The van der Waals surface area contributed by atoms with Gasteiger partial charge in [-0.05, 0) is 0 Å². The molecule has 0 aliphatic carbocycles. The van der Waals surface area contributed by atoms with E-state index in [-0.39, 0.29) is 11.7 Å². The van der Waals surface area contributed by atoms with Crippen molar-refractivity contribution in [3.05, 3.63) is 54.3 Å². The maximum absolute atomic E-state index is 12.2. The number of carbonyl (C=O) groups is 1. The lowest BCUT2D eigenvalue weighted by atomic mass is 10.1. The third kappa shape index (κ3) is 2.81. The predicted molar refractivity (Wildman–Crippen MR) is 74.1 cm³/mol. The third-order valence-electron chi connectivity index (χ3n) is 2.99. The number of rotatable bonds is 4. The van der Waals surface area contributed by atoms with Gasteiger partial charge >= 0.3 is 0 Å². The molecule has 1 N–H and O–H groups in total. The van der Waals surface area contributed by atoms with Crippen molar-refractivity contribution in [3.63, 3.8) is 0 Å². The minimum atomic E-state index is -0.263. The Morgan fingerprint density at radius 1 is 1.33 bits per heavy atom. The van der Waals surface area contributed by atoms with E-state index in [4.69, 9.17) is 4.52 Å². The first-order valence-corrected chi connectivity index (χ1v) is 6.36. The summed E-state index contributed by atoms with van der Waals surface area (Å²) in [5.41, 5.74) is 1.53. The van der Waals surface area contributed by atoms with Crippen LogP contribution in [0.25, 0.3) is 11.3 Å². The Morgan fingerprint density at radius 3 is 2.86 bits per heavy atom. The van der Waals surface area contributed by atoms with Gasteiger partial charge in [0, 0.05) is 18.7 Å². The van der Waals surface area contributed by atoms with Gasteiger partial charge in [0.1, 0.15) is 17.8 Å². The van der Waals surface area contributed by atoms with Crippen molar-refractivity contribution in [1.82, 2.24) is 25.2 Å². The second-order valence-electron chi connectivity index (χ2n) is 4.54. The van der Waals surface area contributed by atoms with Crippen LogP contribution in [0.15, 0.2) is 47.2 Å². The molecule has 21 heavy (non-hydrogen) atoms. The molecular formula is C14H13N5O2. The highest BCUT2D eigenvalue weighted by Gasteiger charge is 2.19. The maximum atomic E-state index is 12.2. The van der Waals surface area contributed by atoms with Crippen molar-refractivity contribution in [2.24, 2.45) is 0 Å². The summed E-state index contributed by atoms with van der Waals surface area (Å²) in [5, 5.41) is 10.4. The zero-order chi connectivity index (χ0) is 14.7. The van der Waals surface area contributed by atoms with Crippen LogP contribution in [0.3, 0.4) is 0 Å². The molecule has 0 aliphatic heterocycles. The van der Waals surface area contributed by atoms with Crippen LogP contribution < -0.4 is 0 Å². The van der Waals surface area contributed by atoms with Crippen molar-refractivity contribution in [1.29, 1.82) is 0 Å². The van der Waals surface area contributed by atoms with Crippen LogP contribution in [0.5, 0.6) is 0 Å². The molecule has 7 heteroatoms. The minimum Gasteiger partial charge on any atom is -0.350 e. The Hall–Kier alpha value is -2.96. The average Bonchev–Trinajstić information content (AvgIpc) is 3.18. The molecule has 0 bridgehead atoms. The highest BCUT2D eigenvalue weighted by molar-refractivity contribution is 5.92. The van der Waals surface area contributed by atoms with E-state index in [1.807, 2.05) is 30.3 Å². The van der Waals surface area contributed by atoms with Gasteiger partial charge < -0.3 is 9.42 Å². The smallest absolute Gasteiger partial charge is 0.292 e. The number of hydrogen-bond donors (Lipinski definition) is 1. The molecule has 0 atom stereocenters. The number of carbonyl (C=O) groups excluding carboxylic acids is 1. The Labute approximate surface area is 120 Å². The van der Waals surface area contributed by atoms with Gasteiger partial charge in [-0.2, -0.15) is 5.10 Å². The van der Waals surface area contributed by atoms with Crippen molar-refractivity contribution in [2.75, 3.05) is 7.05 Å². The molecular weight excluding hydrogens is 270 g/mol. The van der Waals surface area contributed by atoms with Gasteiger partial charge in [0.2, 0.25) is 5.76 Å². The monoisotopic (exact) mass is 283 g/mol. The summed E-state index contributed by atoms with van der Waals surface area (Å²) in [4.78, 5) is 17.7. The summed E-state index contributed by atoms with van der Waals surface area (Å²) in [6, 6.07) is 11.2. The van der Waals surface area contributed by atoms with Crippen molar-refractivity contribution in [3.8, 4) is 11.3 Å². The highest BCUT2D eigenvalue weighted by atomic mass is 16.5. The van der Waals surface area contributed by atoms with Crippen LogP contribution in [0.1, 0.15) is 16.4 Å². The fourth-order valence-electron chi connectivity index (χ4n) is 1.91. The summed E-state index contributed by atoms with van der Waals surface area (Å²) >= 11 is 0. The van der Waals surface area contributed by atoms with Crippen molar-refractivity contribution < 1.29 is 9.32 Å². The molecule has 7 nitrogen and oxygen atoms in total. The fourth-order valence-corrected chi connectivity index (χ4v) is 1.91. The summed E-state index contributed by atoms with van der Waals surface area (Å²) in [7, 11) is 1.66. The topological polar surface area (TPSA) is 87.9 Å². The first-order valence-electron chi connectivity index (χ1n) is 6.36. The van der Waals surface area contributed by atoms with Crippen LogP contribution in [0.4, 0.5) is 0 Å². The average molecular weight is 283 g/mol. The molecule has 1 aromatic carbocycles. The molecule has 3 rings (SSSR count). The van der Waals surface area contributed by atoms with Gasteiger partial charge in [-0.25, -0.2) is 4.98 Å². The second-order valence-corrected chi connectivity index (χ2v) is 4.54. The van der Waals surface area contributed by atoms with E-state index >= 15 is 0 Å². The number of hydrogen-bond acceptors (Lipinski definition) is 5. The van der Waals surface area contributed by atoms with Gasteiger partial charge in [-0.3, -0.25) is 9.89 Å². The Bertz CT molecular complexity index is 721. The van der Waals surface area contributed by atoms with Crippen LogP contribution in [0, 0.1) is 0 Å². The summed E-state index contributed by atoms with van der Waals surface area (Å²) < 4.78 is 5.13. The van der Waals surface area contributed by atoms with Gasteiger partial charge in [-0.15, -0.1) is 0 Å². The highest BCUT2D eigenvalue weighted by Crippen LogP contribution is 2.19. The van der Waals surface area contributed by atoms with E-state index in [9.17, 15) is 4.79 Å². The third-order valence-corrected chi connectivity index (χ3v) is 2.99. The zero-order valence-electron chi connectivity index (χ0n) is 11.4. The standard InChI is InChI=1S/C14H13N5O2/c1-19(8-13-15-9-16-17-13)14(20)12-7-11(18-21-12)10-5-3-2-4-6-10/h2-7,9H,8H2,1H3,(H,15,16,17). The van der Waals surface area contributed by atoms with Crippen LogP contribution in [0.2, 0.25) is 0 Å². The number of H-pyrrole nitrogens is 1. The summed E-state index contributed by atoms with van der Waals surface area (Å²) in [5.74, 6) is 0.533. The molecule has 2 aromatic heterocycles. The van der Waals surface area contributed by atoms with E-state index in [2.05, 4.69) is 20.3 Å². The quantitative estimate of drug-likeness (QED) is 0.787. The number of benzene rings is 1. The number of aromatic amines is 1. The fraction of sp³-hybridized carbons (Fsp3) is 0.143. The molecule has 0 saturated carbocycles. The molecule has 0 spiro atoms. The molecule has 106 valence electrons. The lowest BCUT2D eigenvalue weighted by Gasteiger charge is -2.12. The van der Waals surface area contributed by atoms with Gasteiger partial charge in [0.05, 0.1) is 6.54 Å². The first-order chi connectivity index (χ1) is 10.2. The normalized spacial score (nSPS) is 10.5. The first kappa shape index (κ1) is 13.0. The molecule has 0 saturated heterocycles. The number of amides is 1. The molecule has 0 unspecified atom stereocenters. The van der Waals surface area contributed by atoms with E-state index < -0.39 is 0 Å². The Kier molecular flexibility index (Phi) is 3.46. The van der Waals surface area contributed by atoms with Crippen LogP contribution >= 0.6 is 0 Å². The van der Waals surface area contributed by atoms with Crippen molar-refractivity contribution in [2.45, 2.75) is 6.54 Å². The SMILES string of the molecule is CN(Cc1ncn[nH]1)C(=O)c1cc(-c2ccccc2)no1. The summed E-state index contributed by atoms with van der Waals surface area (Å²) in [6.07, 6.45) is 1.40. The van der Waals surface area contributed by atoms with E-state index in [0.717, 1.165) is 5.56 Å². The maximum Gasteiger partial charge on any atom is 0.292 e. The summed E-state index contributed by atoms with van der Waals surface area (Å²) in [6.45, 7) is 0.320. The van der Waals surface area contributed by atoms with Gasteiger partial charge in [0.15, 0.2) is 0 Å². The van der Waals surface area contributed by atoms with Gasteiger partial charge in [0.25, 0.3) is 5.91 Å². The van der Waals surface area contributed by atoms with E-state index in [1.165, 1.54) is 11.2 Å².